The van der Waals surface area contributed by atoms with Gasteiger partial charge in [0.15, 0.2) is 0 Å². The number of hydrogen-bond donors (Lipinski definition) is 0. The molecule has 0 nitrogen and oxygen atoms in total. The van der Waals surface area contributed by atoms with E-state index in [0.717, 1.165) is 0 Å². The summed E-state index contributed by atoms with van der Waals surface area (Å²) in [7, 11) is 0. The van der Waals surface area contributed by atoms with Gasteiger partial charge in [-0.15, -0.1) is 0 Å². The highest BCUT2D eigenvalue weighted by Crippen LogP contribution is 2.17. The van der Waals surface area contributed by atoms with Crippen LogP contribution in [0.3, 0.4) is 0 Å². The summed E-state index contributed by atoms with van der Waals surface area (Å²) in [6, 6.07) is 0. The fourth-order valence-electron chi connectivity index (χ4n) is 2.45. The van der Waals surface area contributed by atoms with Crippen LogP contribution in [0.5, 0.6) is 0 Å². The summed E-state index contributed by atoms with van der Waals surface area (Å²) in [5.41, 5.74) is 3.08. The second-order valence-electron chi connectivity index (χ2n) is 5.51. The highest BCUT2D eigenvalue weighted by atomic mass is 32.1. The molecular formula is C17H30S. The molecule has 0 radical (unpaired) electrons. The molecule has 1 aromatic heterocycles. The first kappa shape index (κ1) is 15.8. The van der Waals surface area contributed by atoms with Crippen LogP contribution in [0.25, 0.3) is 0 Å². The van der Waals surface area contributed by atoms with Crippen LogP contribution in [0.2, 0.25) is 0 Å². The lowest BCUT2D eigenvalue weighted by Crippen LogP contribution is -1.86. The van der Waals surface area contributed by atoms with Gasteiger partial charge in [-0.25, -0.2) is 0 Å². The van der Waals surface area contributed by atoms with Gasteiger partial charge in [-0.2, -0.15) is 11.3 Å². The van der Waals surface area contributed by atoms with E-state index >= 15 is 0 Å². The molecule has 0 unspecified atom stereocenters. The summed E-state index contributed by atoms with van der Waals surface area (Å²) >= 11 is 1.85. The first-order chi connectivity index (χ1) is 8.84. The minimum absolute atomic E-state index is 1.30. The SMILES string of the molecule is CCCCCCCCCCCCc1cscc1C. The Labute approximate surface area is 118 Å². The average molecular weight is 266 g/mol. The van der Waals surface area contributed by atoms with Gasteiger partial charge in [0.2, 0.25) is 0 Å². The molecule has 0 aliphatic rings. The Kier molecular flexibility index (Phi) is 9.28. The molecule has 0 saturated heterocycles. The molecule has 0 aromatic carbocycles. The van der Waals surface area contributed by atoms with E-state index in [1.165, 1.54) is 76.2 Å². The van der Waals surface area contributed by atoms with Crippen molar-refractivity contribution in [3.8, 4) is 0 Å². The van der Waals surface area contributed by atoms with E-state index in [1.54, 1.807) is 5.56 Å². The minimum Gasteiger partial charge on any atom is -0.152 e. The van der Waals surface area contributed by atoms with Gasteiger partial charge in [0, 0.05) is 0 Å². The van der Waals surface area contributed by atoms with Gasteiger partial charge in [-0.3, -0.25) is 0 Å². The van der Waals surface area contributed by atoms with E-state index in [-0.39, 0.29) is 0 Å². The molecule has 0 aliphatic carbocycles. The van der Waals surface area contributed by atoms with Crippen molar-refractivity contribution in [2.75, 3.05) is 0 Å². The molecule has 0 aliphatic heterocycles. The van der Waals surface area contributed by atoms with Crippen LogP contribution in [0, 0.1) is 6.92 Å². The summed E-state index contributed by atoms with van der Waals surface area (Å²) in [4.78, 5) is 0. The highest BCUT2D eigenvalue weighted by Gasteiger charge is 1.98. The van der Waals surface area contributed by atoms with Gasteiger partial charge in [0.05, 0.1) is 0 Å². The van der Waals surface area contributed by atoms with Crippen LogP contribution >= 0.6 is 11.3 Å². The number of hydrogen-bond acceptors (Lipinski definition) is 1. The Morgan fingerprint density at radius 3 is 1.83 bits per heavy atom. The maximum Gasteiger partial charge on any atom is -0.00585 e. The predicted octanol–water partition coefficient (Wildman–Crippen LogP) is 6.52. The Bertz CT molecular complexity index is 288. The van der Waals surface area contributed by atoms with Crippen LogP contribution in [0.15, 0.2) is 10.8 Å². The van der Waals surface area contributed by atoms with Crippen molar-refractivity contribution in [1.82, 2.24) is 0 Å². The van der Waals surface area contributed by atoms with Crippen molar-refractivity contribution in [3.63, 3.8) is 0 Å². The molecule has 0 N–H and O–H groups in total. The molecule has 0 bridgehead atoms. The molecule has 0 atom stereocenters. The summed E-state index contributed by atoms with van der Waals surface area (Å²) in [5.74, 6) is 0. The second kappa shape index (κ2) is 10.6. The normalized spacial score (nSPS) is 11.0. The van der Waals surface area contributed by atoms with Gasteiger partial charge in [-0.1, -0.05) is 64.7 Å². The maximum absolute atomic E-state index is 2.32. The summed E-state index contributed by atoms with van der Waals surface area (Å²) in [5, 5.41) is 4.59. The van der Waals surface area contributed by atoms with Gasteiger partial charge in [0.25, 0.3) is 0 Å². The monoisotopic (exact) mass is 266 g/mol. The first-order valence-corrected chi connectivity index (χ1v) is 8.80. The molecule has 0 fully saturated rings. The average Bonchev–Trinajstić information content (AvgIpc) is 2.77. The molecule has 1 heteroatoms. The van der Waals surface area contributed by atoms with E-state index in [1.807, 2.05) is 11.3 Å². The molecule has 1 heterocycles. The summed E-state index contributed by atoms with van der Waals surface area (Å²) < 4.78 is 0. The zero-order valence-corrected chi connectivity index (χ0v) is 13.2. The van der Waals surface area contributed by atoms with Crippen molar-refractivity contribution in [2.45, 2.75) is 84.5 Å². The molecule has 1 rings (SSSR count). The second-order valence-corrected chi connectivity index (χ2v) is 6.26. The maximum atomic E-state index is 2.32. The Hall–Kier alpha value is -0.300. The van der Waals surface area contributed by atoms with Crippen LogP contribution < -0.4 is 0 Å². The summed E-state index contributed by atoms with van der Waals surface area (Å²) in [6.07, 6.45) is 15.6. The molecule has 18 heavy (non-hydrogen) atoms. The standard InChI is InChI=1S/C17H30S/c1-3-4-5-6-7-8-9-10-11-12-13-17-15-18-14-16(17)2/h14-15H,3-13H2,1-2H3. The van der Waals surface area contributed by atoms with Crippen molar-refractivity contribution in [3.05, 3.63) is 21.9 Å². The van der Waals surface area contributed by atoms with E-state index in [2.05, 4.69) is 24.6 Å². The smallest absolute Gasteiger partial charge is 0.00585 e. The molecular weight excluding hydrogens is 236 g/mol. The Morgan fingerprint density at radius 1 is 0.778 bits per heavy atom. The van der Waals surface area contributed by atoms with Gasteiger partial charge in [-0.05, 0) is 41.7 Å². The third-order valence-electron chi connectivity index (χ3n) is 3.76. The van der Waals surface area contributed by atoms with Crippen molar-refractivity contribution >= 4 is 11.3 Å². The summed E-state index contributed by atoms with van der Waals surface area (Å²) in [6.45, 7) is 4.53. The predicted molar refractivity (Wildman–Crippen MR) is 84.6 cm³/mol. The highest BCUT2D eigenvalue weighted by molar-refractivity contribution is 7.08. The Morgan fingerprint density at radius 2 is 1.33 bits per heavy atom. The van der Waals surface area contributed by atoms with Crippen molar-refractivity contribution in [1.29, 1.82) is 0 Å². The van der Waals surface area contributed by atoms with Crippen LogP contribution in [-0.4, -0.2) is 0 Å². The third kappa shape index (κ3) is 7.20. The van der Waals surface area contributed by atoms with Gasteiger partial charge in [0.1, 0.15) is 0 Å². The van der Waals surface area contributed by atoms with Crippen LogP contribution in [0.1, 0.15) is 82.3 Å². The number of aryl methyl sites for hydroxylation is 2. The molecule has 0 amide bonds. The van der Waals surface area contributed by atoms with E-state index in [0.29, 0.717) is 0 Å². The fourth-order valence-corrected chi connectivity index (χ4v) is 3.34. The molecule has 0 saturated carbocycles. The lowest BCUT2D eigenvalue weighted by molar-refractivity contribution is 0.556. The topological polar surface area (TPSA) is 0 Å². The Balaban J connectivity index is 1.83. The lowest BCUT2D eigenvalue weighted by Gasteiger charge is -2.02. The molecule has 0 spiro atoms. The van der Waals surface area contributed by atoms with E-state index < -0.39 is 0 Å². The molecule has 1 aromatic rings. The number of unbranched alkanes of at least 4 members (excludes halogenated alkanes) is 9. The van der Waals surface area contributed by atoms with Gasteiger partial charge >= 0.3 is 0 Å². The quantitative estimate of drug-likeness (QED) is 0.400. The van der Waals surface area contributed by atoms with Crippen LogP contribution in [-0.2, 0) is 6.42 Å². The third-order valence-corrected chi connectivity index (χ3v) is 4.67. The fraction of sp³-hybridized carbons (Fsp3) is 0.765. The van der Waals surface area contributed by atoms with E-state index in [9.17, 15) is 0 Å². The van der Waals surface area contributed by atoms with E-state index in [4.69, 9.17) is 0 Å². The number of rotatable bonds is 11. The van der Waals surface area contributed by atoms with Gasteiger partial charge < -0.3 is 0 Å². The lowest BCUT2D eigenvalue weighted by atomic mass is 10.0. The van der Waals surface area contributed by atoms with Crippen molar-refractivity contribution in [2.24, 2.45) is 0 Å². The zero-order chi connectivity index (χ0) is 13.1. The number of thiophene rings is 1. The van der Waals surface area contributed by atoms with Crippen LogP contribution in [0.4, 0.5) is 0 Å². The van der Waals surface area contributed by atoms with Crippen molar-refractivity contribution < 1.29 is 0 Å². The largest absolute Gasteiger partial charge is 0.152 e. The molecule has 104 valence electrons. The minimum atomic E-state index is 1.30. The zero-order valence-electron chi connectivity index (χ0n) is 12.3. The first-order valence-electron chi connectivity index (χ1n) is 7.86.